The highest BCUT2D eigenvalue weighted by molar-refractivity contribution is 8.03. The smallest absolute Gasteiger partial charge is 0.0580 e. The van der Waals surface area contributed by atoms with Crippen molar-refractivity contribution in [1.82, 2.24) is 4.90 Å². The molecule has 1 aromatic carbocycles. The standard InChI is InChI=1S/C19H17NS.C2H6/c1-14-8-6-7-11-20(3)18-13-16(12-17(14)18)21-19-10-5-4-9-15(19)2;1-2/h4-11,13H,1H2,2-3H3;1-2H3/b8-6-,11-7-;. The molecule has 23 heavy (non-hydrogen) atoms. The van der Waals surface area contributed by atoms with Crippen LogP contribution in [0.3, 0.4) is 0 Å². The number of nitrogens with zero attached hydrogens (tertiary/aromatic N) is 1. The zero-order chi connectivity index (χ0) is 16.8. The van der Waals surface area contributed by atoms with E-state index in [9.17, 15) is 0 Å². The fraction of sp³-hybridized carbons (Fsp3) is 0.190. The lowest BCUT2D eigenvalue weighted by molar-refractivity contribution is 0.582. The van der Waals surface area contributed by atoms with Crippen LogP contribution in [-0.4, -0.2) is 11.9 Å². The molecule has 0 N–H and O–H groups in total. The Hall–Kier alpha value is -2.15. The molecule has 118 valence electrons. The minimum absolute atomic E-state index is 0.998. The van der Waals surface area contributed by atoms with Gasteiger partial charge in [0, 0.05) is 23.7 Å². The molecule has 0 amide bonds. The van der Waals surface area contributed by atoms with Gasteiger partial charge in [0.1, 0.15) is 0 Å². The largest absolute Gasteiger partial charge is 0.350 e. The van der Waals surface area contributed by atoms with Gasteiger partial charge >= 0.3 is 0 Å². The lowest BCUT2D eigenvalue weighted by atomic mass is 10.1. The quantitative estimate of drug-likeness (QED) is 0.615. The Bertz CT molecular complexity index is 756. The molecule has 0 saturated carbocycles. The van der Waals surface area contributed by atoms with Gasteiger partial charge in [-0.1, -0.05) is 68.3 Å². The van der Waals surface area contributed by atoms with Gasteiger partial charge < -0.3 is 4.90 Å². The zero-order valence-electron chi connectivity index (χ0n) is 14.3. The number of hydrogen-bond acceptors (Lipinski definition) is 2. The number of benzene rings is 1. The topological polar surface area (TPSA) is 3.24 Å². The SMILES string of the molecule is C=C1/C=C\C=C/N(C)C2=CC(Sc3ccccc3C)=C=C12.CC. The van der Waals surface area contributed by atoms with Crippen molar-refractivity contribution >= 4 is 11.8 Å². The van der Waals surface area contributed by atoms with Gasteiger partial charge in [0.15, 0.2) is 0 Å². The fourth-order valence-electron chi connectivity index (χ4n) is 2.30. The summed E-state index contributed by atoms with van der Waals surface area (Å²) < 4.78 is 0. The first-order valence-electron chi connectivity index (χ1n) is 7.88. The molecule has 3 rings (SSSR count). The predicted molar refractivity (Wildman–Crippen MR) is 102 cm³/mol. The lowest BCUT2D eigenvalue weighted by Gasteiger charge is -2.19. The molecule has 2 heteroatoms. The minimum atomic E-state index is 0.998. The van der Waals surface area contributed by atoms with Crippen LogP contribution in [0, 0.1) is 6.92 Å². The van der Waals surface area contributed by atoms with E-state index in [0.29, 0.717) is 0 Å². The maximum atomic E-state index is 4.14. The molecular formula is C21H23NS. The minimum Gasteiger partial charge on any atom is -0.350 e. The van der Waals surface area contributed by atoms with Crippen LogP contribution in [0.15, 0.2) is 93.7 Å². The number of aryl methyl sites for hydroxylation is 1. The molecule has 0 spiro atoms. The highest BCUT2D eigenvalue weighted by Crippen LogP contribution is 2.37. The molecule has 1 nitrogen and oxygen atoms in total. The second kappa shape index (κ2) is 7.92. The van der Waals surface area contributed by atoms with Crippen molar-refractivity contribution in [1.29, 1.82) is 0 Å². The Balaban J connectivity index is 0.000000924. The summed E-state index contributed by atoms with van der Waals surface area (Å²) in [5.74, 6) is 0. The lowest BCUT2D eigenvalue weighted by Crippen LogP contribution is -2.12. The summed E-state index contributed by atoms with van der Waals surface area (Å²) in [7, 11) is 2.05. The van der Waals surface area contributed by atoms with Crippen LogP contribution >= 0.6 is 11.8 Å². The molecule has 0 saturated heterocycles. The zero-order valence-corrected chi connectivity index (χ0v) is 15.1. The van der Waals surface area contributed by atoms with Gasteiger partial charge in [0.05, 0.1) is 10.6 Å². The van der Waals surface area contributed by atoms with Gasteiger partial charge in [-0.3, -0.25) is 0 Å². The fourth-order valence-corrected chi connectivity index (χ4v) is 3.24. The maximum Gasteiger partial charge on any atom is 0.0580 e. The average molecular weight is 321 g/mol. The van der Waals surface area contributed by atoms with E-state index in [1.165, 1.54) is 10.5 Å². The van der Waals surface area contributed by atoms with E-state index in [4.69, 9.17) is 0 Å². The molecule has 1 aromatic rings. The molecule has 0 aromatic heterocycles. The Labute approximate surface area is 144 Å². The van der Waals surface area contributed by atoms with Crippen LogP contribution in [0.1, 0.15) is 19.4 Å². The van der Waals surface area contributed by atoms with Crippen LogP contribution in [0.5, 0.6) is 0 Å². The van der Waals surface area contributed by atoms with Crippen LogP contribution in [-0.2, 0) is 0 Å². The Morgan fingerprint density at radius 3 is 2.61 bits per heavy atom. The highest BCUT2D eigenvalue weighted by atomic mass is 32.2. The summed E-state index contributed by atoms with van der Waals surface area (Å²) in [5.41, 5.74) is 8.01. The molecule has 0 bridgehead atoms. The summed E-state index contributed by atoms with van der Waals surface area (Å²) in [6.07, 6.45) is 10.3. The summed E-state index contributed by atoms with van der Waals surface area (Å²) in [4.78, 5) is 4.51. The van der Waals surface area contributed by atoms with Crippen molar-refractivity contribution in [3.05, 3.63) is 94.4 Å². The predicted octanol–water partition coefficient (Wildman–Crippen LogP) is 5.99. The van der Waals surface area contributed by atoms with E-state index in [-0.39, 0.29) is 0 Å². The Morgan fingerprint density at radius 2 is 1.87 bits per heavy atom. The van der Waals surface area contributed by atoms with E-state index in [1.807, 2.05) is 32.1 Å². The number of fused-ring (bicyclic) bond motifs is 1. The number of thioether (sulfide) groups is 1. The third kappa shape index (κ3) is 3.98. The first-order chi connectivity index (χ1) is 11.1. The van der Waals surface area contributed by atoms with Gasteiger partial charge in [-0.2, -0.15) is 0 Å². The van der Waals surface area contributed by atoms with Crippen LogP contribution < -0.4 is 0 Å². The second-order valence-electron chi connectivity index (χ2n) is 5.10. The number of likely N-dealkylation sites (N-methyl/N-ethyl adjacent to an activating group) is 1. The van der Waals surface area contributed by atoms with E-state index < -0.39 is 0 Å². The van der Waals surface area contributed by atoms with Crippen molar-refractivity contribution in [2.75, 3.05) is 7.05 Å². The van der Waals surface area contributed by atoms with Gasteiger partial charge in [-0.25, -0.2) is 0 Å². The van der Waals surface area contributed by atoms with E-state index in [2.05, 4.69) is 67.7 Å². The van der Waals surface area contributed by atoms with E-state index in [1.54, 1.807) is 11.8 Å². The Kier molecular flexibility index (Phi) is 5.92. The summed E-state index contributed by atoms with van der Waals surface area (Å²) in [6.45, 7) is 10.3. The maximum absolute atomic E-state index is 4.14. The molecule has 0 radical (unpaired) electrons. The van der Waals surface area contributed by atoms with Crippen molar-refractivity contribution < 1.29 is 0 Å². The number of hydrogen-bond donors (Lipinski definition) is 0. The highest BCUT2D eigenvalue weighted by Gasteiger charge is 2.18. The van der Waals surface area contributed by atoms with Crippen molar-refractivity contribution in [2.24, 2.45) is 0 Å². The monoisotopic (exact) mass is 321 g/mol. The van der Waals surface area contributed by atoms with E-state index >= 15 is 0 Å². The molecule has 0 fully saturated rings. The van der Waals surface area contributed by atoms with Crippen LogP contribution in [0.4, 0.5) is 0 Å². The van der Waals surface area contributed by atoms with Gasteiger partial charge in [0.25, 0.3) is 0 Å². The third-order valence-corrected chi connectivity index (χ3v) is 4.62. The summed E-state index contributed by atoms with van der Waals surface area (Å²) in [6, 6.07) is 8.43. The van der Waals surface area contributed by atoms with Crippen LogP contribution in [0.2, 0.25) is 0 Å². The van der Waals surface area contributed by atoms with E-state index in [0.717, 1.165) is 21.7 Å². The normalized spacial score (nSPS) is 18.5. The summed E-state index contributed by atoms with van der Waals surface area (Å²) in [5, 5.41) is 0. The summed E-state index contributed by atoms with van der Waals surface area (Å²) >= 11 is 1.75. The number of allylic oxidation sites excluding steroid dienone is 4. The average Bonchev–Trinajstić information content (AvgIpc) is 2.98. The molecule has 1 heterocycles. The molecule has 1 aliphatic heterocycles. The third-order valence-electron chi connectivity index (χ3n) is 3.50. The second-order valence-corrected chi connectivity index (χ2v) is 6.18. The molecule has 0 atom stereocenters. The Morgan fingerprint density at radius 1 is 1.13 bits per heavy atom. The van der Waals surface area contributed by atoms with Gasteiger partial charge in [-0.15, -0.1) is 0 Å². The molecule has 0 unspecified atom stereocenters. The van der Waals surface area contributed by atoms with Crippen molar-refractivity contribution in [2.45, 2.75) is 25.7 Å². The molecular weight excluding hydrogens is 298 g/mol. The number of rotatable bonds is 2. The molecule has 1 aliphatic carbocycles. The van der Waals surface area contributed by atoms with Crippen LogP contribution in [0.25, 0.3) is 0 Å². The van der Waals surface area contributed by atoms with Gasteiger partial charge in [0.2, 0.25) is 0 Å². The van der Waals surface area contributed by atoms with Crippen molar-refractivity contribution in [3.63, 3.8) is 0 Å². The van der Waals surface area contributed by atoms with Crippen molar-refractivity contribution in [3.8, 4) is 0 Å². The van der Waals surface area contributed by atoms with Gasteiger partial charge in [-0.05, 0) is 36.3 Å². The first-order valence-corrected chi connectivity index (χ1v) is 8.70. The molecule has 2 aliphatic rings. The first kappa shape index (κ1) is 17.2.